The minimum atomic E-state index is 0.566. The molecule has 3 nitrogen and oxygen atoms in total. The van der Waals surface area contributed by atoms with Crippen LogP contribution in [-0.2, 0) is 13.1 Å². The van der Waals surface area contributed by atoms with Gasteiger partial charge in [-0.05, 0) is 18.4 Å². The van der Waals surface area contributed by atoms with Gasteiger partial charge in [0.05, 0.1) is 12.7 Å². The van der Waals surface area contributed by atoms with Gasteiger partial charge in [0, 0.05) is 22.7 Å². The molecule has 0 saturated carbocycles. The van der Waals surface area contributed by atoms with Crippen LogP contribution < -0.4 is 5.73 Å². The molecule has 2 heterocycles. The first-order chi connectivity index (χ1) is 6.81. The van der Waals surface area contributed by atoms with Crippen LogP contribution in [0.2, 0.25) is 0 Å². The van der Waals surface area contributed by atoms with Gasteiger partial charge in [0.1, 0.15) is 0 Å². The summed E-state index contributed by atoms with van der Waals surface area (Å²) >= 11 is 1.75. The molecule has 0 amide bonds. The molecular formula is C10H13N3S. The average molecular weight is 207 g/mol. The van der Waals surface area contributed by atoms with Crippen molar-refractivity contribution in [1.82, 2.24) is 9.78 Å². The minimum absolute atomic E-state index is 0.566. The first-order valence-electron chi connectivity index (χ1n) is 4.55. The Morgan fingerprint density at radius 1 is 1.57 bits per heavy atom. The highest BCUT2D eigenvalue weighted by Gasteiger charge is 2.05. The Morgan fingerprint density at radius 2 is 2.43 bits per heavy atom. The molecule has 0 unspecified atom stereocenters. The van der Waals surface area contributed by atoms with Crippen molar-refractivity contribution in [2.45, 2.75) is 20.0 Å². The number of thiophene rings is 1. The third kappa shape index (κ3) is 1.71. The molecule has 0 aliphatic carbocycles. The van der Waals surface area contributed by atoms with Crippen LogP contribution >= 0.6 is 11.3 Å². The summed E-state index contributed by atoms with van der Waals surface area (Å²) in [6.07, 6.45) is 1.85. The monoisotopic (exact) mass is 207 g/mol. The molecule has 0 bridgehead atoms. The van der Waals surface area contributed by atoms with Gasteiger partial charge in [-0.3, -0.25) is 4.68 Å². The minimum Gasteiger partial charge on any atom is -0.326 e. The summed E-state index contributed by atoms with van der Waals surface area (Å²) in [6.45, 7) is 3.47. The molecule has 14 heavy (non-hydrogen) atoms. The second kappa shape index (κ2) is 3.94. The van der Waals surface area contributed by atoms with Gasteiger partial charge in [0.25, 0.3) is 0 Å². The lowest BCUT2D eigenvalue weighted by molar-refractivity contribution is 0.670. The van der Waals surface area contributed by atoms with Gasteiger partial charge >= 0.3 is 0 Å². The molecule has 2 rings (SSSR count). The number of hydrogen-bond acceptors (Lipinski definition) is 3. The predicted molar refractivity (Wildman–Crippen MR) is 58.3 cm³/mol. The van der Waals surface area contributed by atoms with E-state index in [9.17, 15) is 0 Å². The molecule has 0 radical (unpaired) electrons. The summed E-state index contributed by atoms with van der Waals surface area (Å²) in [7, 11) is 0. The first-order valence-corrected chi connectivity index (χ1v) is 5.43. The summed E-state index contributed by atoms with van der Waals surface area (Å²) in [4.78, 5) is 1.32. The highest BCUT2D eigenvalue weighted by molar-refractivity contribution is 7.09. The van der Waals surface area contributed by atoms with Crippen molar-refractivity contribution in [3.8, 4) is 0 Å². The summed E-state index contributed by atoms with van der Waals surface area (Å²) in [5.41, 5.74) is 7.88. The fourth-order valence-electron chi connectivity index (χ4n) is 1.40. The van der Waals surface area contributed by atoms with Crippen LogP contribution in [0.15, 0.2) is 23.7 Å². The Hall–Kier alpha value is -1.13. The molecule has 4 heteroatoms. The van der Waals surface area contributed by atoms with Gasteiger partial charge in [0.15, 0.2) is 0 Å². The van der Waals surface area contributed by atoms with E-state index in [1.165, 1.54) is 10.6 Å². The zero-order valence-corrected chi connectivity index (χ0v) is 8.92. The van der Waals surface area contributed by atoms with Crippen molar-refractivity contribution >= 4 is 11.3 Å². The van der Waals surface area contributed by atoms with E-state index in [2.05, 4.69) is 29.5 Å². The number of aromatic nitrogens is 2. The second-order valence-electron chi connectivity index (χ2n) is 3.20. The molecule has 0 saturated heterocycles. The first kappa shape index (κ1) is 9.43. The number of nitrogens with two attached hydrogens (primary N) is 1. The normalized spacial score (nSPS) is 10.7. The third-order valence-electron chi connectivity index (χ3n) is 2.31. The molecule has 0 spiro atoms. The Kier molecular flexibility index (Phi) is 2.65. The molecular weight excluding hydrogens is 194 g/mol. The topological polar surface area (TPSA) is 43.8 Å². The molecule has 2 aromatic heterocycles. The molecule has 0 aliphatic heterocycles. The SMILES string of the molecule is Cc1c(CN)cnn1Cc1cccs1. The zero-order valence-electron chi connectivity index (χ0n) is 8.10. The van der Waals surface area contributed by atoms with E-state index < -0.39 is 0 Å². The van der Waals surface area contributed by atoms with E-state index >= 15 is 0 Å². The summed E-state index contributed by atoms with van der Waals surface area (Å²) < 4.78 is 1.99. The highest BCUT2D eigenvalue weighted by Crippen LogP contribution is 2.13. The Morgan fingerprint density at radius 3 is 3.00 bits per heavy atom. The summed E-state index contributed by atoms with van der Waals surface area (Å²) in [5.74, 6) is 0. The van der Waals surface area contributed by atoms with E-state index in [0.717, 1.165) is 12.1 Å². The molecule has 0 aromatic carbocycles. The standard InChI is InChI=1S/C10H13N3S/c1-8-9(5-11)6-12-13(8)7-10-3-2-4-14-10/h2-4,6H,5,7,11H2,1H3. The van der Waals surface area contributed by atoms with E-state index in [1.807, 2.05) is 10.9 Å². The molecule has 0 aliphatic rings. The van der Waals surface area contributed by atoms with E-state index in [1.54, 1.807) is 11.3 Å². The number of hydrogen-bond donors (Lipinski definition) is 1. The van der Waals surface area contributed by atoms with Crippen LogP contribution in [0.25, 0.3) is 0 Å². The molecule has 2 aromatic rings. The molecule has 2 N–H and O–H groups in total. The van der Waals surface area contributed by atoms with Crippen LogP contribution in [-0.4, -0.2) is 9.78 Å². The Bertz CT molecular complexity index is 403. The maximum absolute atomic E-state index is 5.59. The van der Waals surface area contributed by atoms with Crippen molar-refractivity contribution in [1.29, 1.82) is 0 Å². The van der Waals surface area contributed by atoms with Crippen molar-refractivity contribution in [2.24, 2.45) is 5.73 Å². The summed E-state index contributed by atoms with van der Waals surface area (Å²) in [5, 5.41) is 6.39. The lowest BCUT2D eigenvalue weighted by Gasteiger charge is -2.02. The predicted octanol–water partition coefficient (Wildman–Crippen LogP) is 1.76. The molecule has 74 valence electrons. The van der Waals surface area contributed by atoms with Gasteiger partial charge in [-0.2, -0.15) is 5.10 Å². The van der Waals surface area contributed by atoms with Gasteiger partial charge in [0.2, 0.25) is 0 Å². The second-order valence-corrected chi connectivity index (χ2v) is 4.23. The highest BCUT2D eigenvalue weighted by atomic mass is 32.1. The Labute approximate surface area is 87.2 Å². The Balaban J connectivity index is 2.21. The van der Waals surface area contributed by atoms with Crippen molar-refractivity contribution in [2.75, 3.05) is 0 Å². The van der Waals surface area contributed by atoms with Crippen molar-refractivity contribution < 1.29 is 0 Å². The van der Waals surface area contributed by atoms with Crippen LogP contribution in [0.1, 0.15) is 16.1 Å². The van der Waals surface area contributed by atoms with E-state index in [4.69, 9.17) is 5.73 Å². The van der Waals surface area contributed by atoms with Crippen molar-refractivity contribution in [3.05, 3.63) is 39.8 Å². The van der Waals surface area contributed by atoms with Gasteiger partial charge in [-0.15, -0.1) is 11.3 Å². The fraction of sp³-hybridized carbons (Fsp3) is 0.300. The van der Waals surface area contributed by atoms with Gasteiger partial charge < -0.3 is 5.73 Å². The number of rotatable bonds is 3. The van der Waals surface area contributed by atoms with E-state index in [-0.39, 0.29) is 0 Å². The van der Waals surface area contributed by atoms with Crippen LogP contribution in [0.5, 0.6) is 0 Å². The van der Waals surface area contributed by atoms with Crippen molar-refractivity contribution in [3.63, 3.8) is 0 Å². The lowest BCUT2D eigenvalue weighted by atomic mass is 10.3. The number of nitrogens with zero attached hydrogens (tertiary/aromatic N) is 2. The van der Waals surface area contributed by atoms with Gasteiger partial charge in [-0.1, -0.05) is 6.07 Å². The fourth-order valence-corrected chi connectivity index (χ4v) is 2.08. The third-order valence-corrected chi connectivity index (χ3v) is 3.17. The quantitative estimate of drug-likeness (QED) is 0.833. The smallest absolute Gasteiger partial charge is 0.0755 e. The lowest BCUT2D eigenvalue weighted by Crippen LogP contribution is -2.04. The largest absolute Gasteiger partial charge is 0.326 e. The zero-order chi connectivity index (χ0) is 9.97. The maximum atomic E-state index is 5.59. The van der Waals surface area contributed by atoms with Crippen LogP contribution in [0.4, 0.5) is 0 Å². The van der Waals surface area contributed by atoms with E-state index in [0.29, 0.717) is 6.54 Å². The van der Waals surface area contributed by atoms with Gasteiger partial charge in [-0.25, -0.2) is 0 Å². The average Bonchev–Trinajstić information content (AvgIpc) is 2.79. The summed E-state index contributed by atoms with van der Waals surface area (Å²) in [6, 6.07) is 4.18. The molecule has 0 atom stereocenters. The maximum Gasteiger partial charge on any atom is 0.0755 e. The van der Waals surface area contributed by atoms with Crippen LogP contribution in [0.3, 0.4) is 0 Å². The molecule has 0 fully saturated rings. The van der Waals surface area contributed by atoms with Crippen LogP contribution in [0, 0.1) is 6.92 Å².